The molecule has 80 valence electrons. The number of rotatable bonds is 2. The minimum atomic E-state index is 0. The summed E-state index contributed by atoms with van der Waals surface area (Å²) in [5, 5.41) is 0. The Labute approximate surface area is 113 Å². The van der Waals surface area contributed by atoms with Gasteiger partial charge in [0.05, 0.1) is 0 Å². The van der Waals surface area contributed by atoms with Crippen molar-refractivity contribution >= 4 is 0 Å². The Morgan fingerprint density at radius 1 is 1.07 bits per heavy atom. The van der Waals surface area contributed by atoms with Crippen LogP contribution in [0.3, 0.4) is 0 Å². The molecular formula is C12H25NNa-. The summed E-state index contributed by atoms with van der Waals surface area (Å²) in [6.07, 6.45) is 4.70. The van der Waals surface area contributed by atoms with Gasteiger partial charge in [-0.2, -0.15) is 12.8 Å². The summed E-state index contributed by atoms with van der Waals surface area (Å²) in [4.78, 5) is 2.39. The maximum atomic E-state index is 4.02. The Morgan fingerprint density at radius 3 is 1.71 bits per heavy atom. The maximum absolute atomic E-state index is 4.02. The van der Waals surface area contributed by atoms with Crippen LogP contribution in [0.2, 0.25) is 0 Å². The Bertz CT molecular complexity index is 111. The van der Waals surface area contributed by atoms with Crippen LogP contribution in [0.5, 0.6) is 0 Å². The van der Waals surface area contributed by atoms with Gasteiger partial charge in [-0.25, -0.2) is 0 Å². The molecule has 1 aliphatic heterocycles. The fraction of sp³-hybridized carbons (Fsp3) is 0.833. The van der Waals surface area contributed by atoms with Crippen LogP contribution in [-0.2, 0) is 0 Å². The summed E-state index contributed by atoms with van der Waals surface area (Å²) < 4.78 is 0. The topological polar surface area (TPSA) is 3.24 Å². The monoisotopic (exact) mass is 206 g/mol. The van der Waals surface area contributed by atoms with Gasteiger partial charge in [0.25, 0.3) is 0 Å². The second kappa shape index (κ2) is 9.21. The molecule has 1 saturated heterocycles. The summed E-state index contributed by atoms with van der Waals surface area (Å²) in [7, 11) is 2.19. The number of likely N-dealkylation sites (tertiary alicyclic amines) is 1. The van der Waals surface area contributed by atoms with Gasteiger partial charge >= 0.3 is 29.6 Å². The maximum Gasteiger partial charge on any atom is 1.00 e. The fourth-order valence-electron chi connectivity index (χ4n) is 1.72. The number of hydrogen-bond acceptors (Lipinski definition) is 1. The van der Waals surface area contributed by atoms with Gasteiger partial charge < -0.3 is 18.7 Å². The molecular weight excluding hydrogens is 181 g/mol. The van der Waals surface area contributed by atoms with Crippen molar-refractivity contribution in [3.63, 3.8) is 0 Å². The van der Waals surface area contributed by atoms with Crippen LogP contribution < -0.4 is 29.6 Å². The molecule has 0 aromatic heterocycles. The summed E-state index contributed by atoms with van der Waals surface area (Å²) in [5.41, 5.74) is 0.479. The predicted octanol–water partition coefficient (Wildman–Crippen LogP) is 0.177. The molecule has 1 rings (SSSR count). The second-order valence-electron chi connectivity index (χ2n) is 3.80. The third kappa shape index (κ3) is 5.16. The second-order valence-corrected chi connectivity index (χ2v) is 3.80. The van der Waals surface area contributed by atoms with Crippen LogP contribution in [-0.4, -0.2) is 25.0 Å². The molecule has 1 heterocycles. The van der Waals surface area contributed by atoms with E-state index >= 15 is 0 Å². The van der Waals surface area contributed by atoms with E-state index in [-0.39, 0.29) is 29.6 Å². The van der Waals surface area contributed by atoms with Crippen LogP contribution >= 0.6 is 0 Å². The van der Waals surface area contributed by atoms with Crippen molar-refractivity contribution in [3.8, 4) is 0 Å². The van der Waals surface area contributed by atoms with Gasteiger partial charge in [-0.3, -0.25) is 0 Å². The third-order valence-corrected chi connectivity index (χ3v) is 3.11. The molecule has 0 radical (unpaired) electrons. The van der Waals surface area contributed by atoms with Gasteiger partial charge in [-0.15, -0.1) is 0 Å². The minimum absolute atomic E-state index is 0. The fourth-order valence-corrected chi connectivity index (χ4v) is 1.72. The van der Waals surface area contributed by atoms with Crippen LogP contribution in [0.15, 0.2) is 0 Å². The van der Waals surface area contributed by atoms with E-state index in [1.165, 1.54) is 25.9 Å². The number of piperidine rings is 1. The molecule has 0 aliphatic carbocycles. The van der Waals surface area contributed by atoms with E-state index in [1.54, 1.807) is 0 Å². The average Bonchev–Trinajstić information content (AvgIpc) is 2.23. The molecule has 0 aromatic rings. The molecule has 14 heavy (non-hydrogen) atoms. The van der Waals surface area contributed by atoms with E-state index in [1.807, 2.05) is 13.8 Å². The molecule has 1 aliphatic rings. The molecule has 1 fully saturated rings. The van der Waals surface area contributed by atoms with Crippen LogP contribution in [0.25, 0.3) is 0 Å². The van der Waals surface area contributed by atoms with Gasteiger partial charge in [-0.05, 0) is 33.0 Å². The quantitative estimate of drug-likeness (QED) is 0.460. The Balaban J connectivity index is 0. The summed E-state index contributed by atoms with van der Waals surface area (Å²) >= 11 is 0. The van der Waals surface area contributed by atoms with Crippen molar-refractivity contribution in [3.05, 3.63) is 13.8 Å². The van der Waals surface area contributed by atoms with Crippen LogP contribution in [0.4, 0.5) is 0 Å². The molecule has 0 N–H and O–H groups in total. The van der Waals surface area contributed by atoms with E-state index < -0.39 is 0 Å². The predicted molar refractivity (Wildman–Crippen MR) is 60.5 cm³/mol. The zero-order chi connectivity index (χ0) is 10.3. The Kier molecular flexibility index (Phi) is 11.4. The van der Waals surface area contributed by atoms with Gasteiger partial charge in [0.15, 0.2) is 0 Å². The Morgan fingerprint density at radius 2 is 1.43 bits per heavy atom. The van der Waals surface area contributed by atoms with Crippen molar-refractivity contribution in [2.45, 2.75) is 39.5 Å². The average molecular weight is 206 g/mol. The van der Waals surface area contributed by atoms with E-state index in [9.17, 15) is 0 Å². The van der Waals surface area contributed by atoms with Crippen molar-refractivity contribution in [1.29, 1.82) is 0 Å². The third-order valence-electron chi connectivity index (χ3n) is 3.11. The molecule has 1 nitrogen and oxygen atoms in total. The first-order chi connectivity index (χ1) is 6.22. The van der Waals surface area contributed by atoms with Crippen LogP contribution in [0.1, 0.15) is 39.5 Å². The van der Waals surface area contributed by atoms with E-state index in [0.29, 0.717) is 5.41 Å². The molecule has 0 atom stereocenters. The van der Waals surface area contributed by atoms with Gasteiger partial charge in [-0.1, -0.05) is 19.3 Å². The zero-order valence-corrected chi connectivity index (χ0v) is 12.6. The first-order valence-corrected chi connectivity index (χ1v) is 5.49. The number of nitrogens with zero attached hydrogens (tertiary/aromatic N) is 1. The molecule has 0 saturated carbocycles. The summed E-state index contributed by atoms with van der Waals surface area (Å²) in [5.74, 6) is 0. The standard InChI is InChI=1S/C10H19N.C2H6.Na/c1-4-10(5-2)6-8-11(3)9-7-10;1-2;/h1-2,4-9H2,3H3;1-2H3;/q-2;;+1. The largest absolute Gasteiger partial charge is 1.00 e. The van der Waals surface area contributed by atoms with Gasteiger partial charge in [0, 0.05) is 0 Å². The van der Waals surface area contributed by atoms with Crippen molar-refractivity contribution in [1.82, 2.24) is 4.90 Å². The van der Waals surface area contributed by atoms with Crippen LogP contribution in [0, 0.1) is 19.3 Å². The minimum Gasteiger partial charge on any atom is -0.343 e. The smallest absolute Gasteiger partial charge is 0.343 e. The first kappa shape index (κ1) is 17.4. The van der Waals surface area contributed by atoms with Crippen molar-refractivity contribution in [2.75, 3.05) is 20.1 Å². The van der Waals surface area contributed by atoms with Gasteiger partial charge in [0.1, 0.15) is 0 Å². The van der Waals surface area contributed by atoms with E-state index in [4.69, 9.17) is 0 Å². The first-order valence-electron chi connectivity index (χ1n) is 5.49. The normalized spacial score (nSPS) is 20.4. The molecule has 0 amide bonds. The SMILES string of the molecule is CC.[CH2-]CC1(C[CH2-])CCN(C)CC1.[Na+]. The Hall–Kier alpha value is 0.960. The molecule has 2 heteroatoms. The summed E-state index contributed by atoms with van der Waals surface area (Å²) in [6, 6.07) is 0. The molecule has 0 spiro atoms. The van der Waals surface area contributed by atoms with E-state index in [2.05, 4.69) is 25.8 Å². The summed E-state index contributed by atoms with van der Waals surface area (Å²) in [6.45, 7) is 14.5. The molecule has 0 aromatic carbocycles. The van der Waals surface area contributed by atoms with Gasteiger partial charge in [0.2, 0.25) is 0 Å². The van der Waals surface area contributed by atoms with E-state index in [0.717, 1.165) is 12.8 Å². The zero-order valence-electron chi connectivity index (χ0n) is 10.6. The van der Waals surface area contributed by atoms with Crippen molar-refractivity contribution in [2.24, 2.45) is 5.41 Å². The molecule has 0 bridgehead atoms. The number of hydrogen-bond donors (Lipinski definition) is 0. The molecule has 0 unspecified atom stereocenters. The van der Waals surface area contributed by atoms with Crippen molar-refractivity contribution < 1.29 is 29.6 Å².